The van der Waals surface area contributed by atoms with Gasteiger partial charge < -0.3 is 0 Å². The van der Waals surface area contributed by atoms with Crippen molar-refractivity contribution in [3.05, 3.63) is 0 Å². The molecule has 0 unspecified atom stereocenters. The third-order valence-electron chi connectivity index (χ3n) is 0. The predicted molar refractivity (Wildman–Crippen MR) is 135 cm³/mol. The van der Waals surface area contributed by atoms with E-state index >= 15 is 0 Å². The van der Waals surface area contributed by atoms with E-state index in [0.717, 1.165) is 0 Å². The van der Waals surface area contributed by atoms with E-state index in [2.05, 4.69) is 0 Å². The molecule has 0 bridgehead atoms. The van der Waals surface area contributed by atoms with Gasteiger partial charge >= 0.3 is 0 Å². The summed E-state index contributed by atoms with van der Waals surface area (Å²) in [6, 6.07) is 0. The van der Waals surface area contributed by atoms with Crippen LogP contribution in [0.3, 0.4) is 0 Å². The minimum absolute atomic E-state index is 0. The third-order valence-corrected chi connectivity index (χ3v) is 0. The molecule has 0 aliphatic heterocycles. The molecule has 20 heavy (non-hydrogen) atoms. The average molecular weight is 321 g/mol. The van der Waals surface area contributed by atoms with Gasteiger partial charge in [0.2, 0.25) is 0 Å². The number of hydrogen-bond acceptors (Lipinski definition) is 0. The van der Waals surface area contributed by atoms with Crippen molar-refractivity contribution >= 4 is 0 Å². The van der Waals surface area contributed by atoms with Crippen LogP contribution in [0.25, 0.3) is 0 Å². The van der Waals surface area contributed by atoms with Gasteiger partial charge in [-0.05, 0) is 0 Å². The van der Waals surface area contributed by atoms with Gasteiger partial charge in [-0.15, -0.1) is 0 Å². The van der Waals surface area contributed by atoms with E-state index in [9.17, 15) is 0 Å². The maximum absolute atomic E-state index is 0. The predicted octanol–water partition coefficient (Wildman–Crippen LogP) is 12.7. The Morgan fingerprint density at radius 1 is 0.0500 bits per heavy atom. The van der Waals surface area contributed by atoms with Gasteiger partial charge in [0, 0.05) is 0 Å². The summed E-state index contributed by atoms with van der Waals surface area (Å²) >= 11 is 0. The van der Waals surface area contributed by atoms with Gasteiger partial charge in [0.15, 0.2) is 0 Å². The maximum Gasteiger partial charge on any atom is -0.0776 e. The van der Waals surface area contributed by atoms with Gasteiger partial charge in [-0.2, -0.15) is 0 Å². The van der Waals surface area contributed by atoms with Gasteiger partial charge in [-0.1, -0.05) is 149 Å². The van der Waals surface area contributed by atoms with E-state index in [-0.39, 0.29) is 149 Å². The molecular formula is C20H80. The Hall–Kier alpha value is 0. The molecule has 0 N–H and O–H groups in total. The first kappa shape index (κ1) is 0. The van der Waals surface area contributed by atoms with Crippen LogP contribution >= 0.6 is 0 Å². The summed E-state index contributed by atoms with van der Waals surface area (Å²) in [5, 5.41) is 0. The molecule has 0 spiro atoms. The molecule has 0 saturated heterocycles. The van der Waals surface area contributed by atoms with Crippen LogP contribution in [0.4, 0.5) is 0 Å². The summed E-state index contributed by atoms with van der Waals surface area (Å²) in [6.07, 6.45) is 0. The van der Waals surface area contributed by atoms with Gasteiger partial charge in [0.25, 0.3) is 0 Å². The number of rotatable bonds is 0. The maximum atomic E-state index is 0. The lowest BCUT2D eigenvalue weighted by Gasteiger charge is -0.0786. The van der Waals surface area contributed by atoms with Crippen molar-refractivity contribution in [1.82, 2.24) is 0 Å². The quantitative estimate of drug-likeness (QED) is 0.416. The van der Waals surface area contributed by atoms with E-state index in [4.69, 9.17) is 0 Å². The van der Waals surface area contributed by atoms with Gasteiger partial charge in [-0.3, -0.25) is 0 Å². The second kappa shape index (κ2) is 0. The van der Waals surface area contributed by atoms with Crippen molar-refractivity contribution in [3.8, 4) is 0 Å². The fraction of sp³-hybridized carbons (Fsp3) is 1.00. The Labute approximate surface area is 149 Å². The molecule has 0 radical (unpaired) electrons. The van der Waals surface area contributed by atoms with E-state index in [1.165, 1.54) is 0 Å². The molecule has 0 atom stereocenters. The van der Waals surface area contributed by atoms with Crippen LogP contribution < -0.4 is 0 Å². The van der Waals surface area contributed by atoms with Crippen molar-refractivity contribution in [3.63, 3.8) is 0 Å². The molecule has 0 amide bonds. The Morgan fingerprint density at radius 3 is 0.0500 bits per heavy atom. The van der Waals surface area contributed by atoms with Crippen LogP contribution in [0.1, 0.15) is 149 Å². The SMILES string of the molecule is C.C.C.C.C.C.C.C.C.C.C.C.C.C.C.C.C.C.C.C. The van der Waals surface area contributed by atoms with Crippen molar-refractivity contribution in [2.24, 2.45) is 0 Å². The first-order chi connectivity index (χ1) is 0. The fourth-order valence-electron chi connectivity index (χ4n) is 0. The largest absolute Gasteiger partial charge is 0.0776 e. The fourth-order valence-corrected chi connectivity index (χ4v) is 0. The summed E-state index contributed by atoms with van der Waals surface area (Å²) in [4.78, 5) is 0. The van der Waals surface area contributed by atoms with Crippen LogP contribution in [-0.2, 0) is 0 Å². The van der Waals surface area contributed by atoms with Gasteiger partial charge in [0.05, 0.1) is 0 Å². The molecule has 0 heteroatoms. The Morgan fingerprint density at radius 2 is 0.0500 bits per heavy atom. The lowest BCUT2D eigenvalue weighted by atomic mass is 12.0. The molecule has 0 nitrogen and oxygen atoms in total. The molecule has 0 aliphatic rings. The van der Waals surface area contributed by atoms with E-state index in [1.807, 2.05) is 0 Å². The minimum Gasteiger partial charge on any atom is -0.0776 e. The lowest BCUT2D eigenvalue weighted by Crippen LogP contribution is 0.143. The molecule has 0 fully saturated rings. The minimum atomic E-state index is 0. The Balaban J connectivity index is 0. The normalized spacial score (nSPS) is 0. The molecule has 0 heterocycles. The first-order valence-electron chi connectivity index (χ1n) is 0. The van der Waals surface area contributed by atoms with Crippen molar-refractivity contribution in [2.75, 3.05) is 0 Å². The summed E-state index contributed by atoms with van der Waals surface area (Å²) in [5.41, 5.74) is 0. The van der Waals surface area contributed by atoms with E-state index in [1.54, 1.807) is 0 Å². The van der Waals surface area contributed by atoms with E-state index < -0.39 is 0 Å². The van der Waals surface area contributed by atoms with E-state index in [0.29, 0.717) is 0 Å². The third kappa shape index (κ3) is 0. The molecular weight excluding hydrogens is 240 g/mol. The molecule has 0 saturated carbocycles. The van der Waals surface area contributed by atoms with Crippen LogP contribution in [0.15, 0.2) is 0 Å². The zero-order valence-corrected chi connectivity index (χ0v) is 0. The Bertz CT molecular complexity index is 0. The molecule has 0 aromatic carbocycles. The van der Waals surface area contributed by atoms with Gasteiger partial charge in [-0.25, -0.2) is 0 Å². The second-order valence-corrected chi connectivity index (χ2v) is 0. The summed E-state index contributed by atoms with van der Waals surface area (Å²) in [7, 11) is 0. The lowest BCUT2D eigenvalue weighted by molar-refractivity contribution is 2.50. The highest BCUT2D eigenvalue weighted by Crippen LogP contribution is 0.163. The second-order valence-electron chi connectivity index (χ2n) is 0. The zero-order valence-electron chi connectivity index (χ0n) is 0. The van der Waals surface area contributed by atoms with Crippen LogP contribution in [0.5, 0.6) is 0 Å². The smallest absolute Gasteiger partial charge is 0.0776 e. The molecule has 0 rings (SSSR count). The summed E-state index contributed by atoms with van der Waals surface area (Å²) in [6.45, 7) is 0. The molecule has 0 aliphatic carbocycles. The zero-order chi connectivity index (χ0) is 0. The highest BCUT2D eigenvalue weighted by atomic mass is 12.0. The summed E-state index contributed by atoms with van der Waals surface area (Å²) in [5.74, 6) is 0. The van der Waals surface area contributed by atoms with Crippen LogP contribution in [0, 0.1) is 0 Å². The van der Waals surface area contributed by atoms with Gasteiger partial charge in [0.1, 0.15) is 0 Å². The van der Waals surface area contributed by atoms with Crippen LogP contribution in [-0.4, -0.2) is 0 Å². The Kier molecular flexibility index (Phi) is 0. The topological polar surface area (TPSA) is 0 Å². The first-order valence-corrected chi connectivity index (χ1v) is 0. The monoisotopic (exact) mass is 321 g/mol. The standard InChI is InChI=1S/20CH4/h20*1H4. The van der Waals surface area contributed by atoms with Crippen LogP contribution in [0.2, 0.25) is 0 Å². The summed E-state index contributed by atoms with van der Waals surface area (Å²) < 4.78 is 0. The molecule has 0 aromatic rings. The molecule has 0 aromatic heterocycles. The average Bonchev–Trinajstić information content (AvgIpc) is 0. The van der Waals surface area contributed by atoms with Crippen molar-refractivity contribution < 1.29 is 0 Å². The van der Waals surface area contributed by atoms with Crippen molar-refractivity contribution in [1.29, 1.82) is 0 Å². The highest BCUT2D eigenvalue weighted by Gasteiger charge is -0.0586. The van der Waals surface area contributed by atoms with Crippen molar-refractivity contribution in [2.45, 2.75) is 149 Å². The molecule has 160 valence electrons. The highest BCUT2D eigenvalue weighted by molar-refractivity contribution is 2.52. The number of hydrogen-bond donors (Lipinski definition) is 0.